The maximum Gasteiger partial charge on any atom is 0.306 e. The number of para-hydroxylation sites is 3. The van der Waals surface area contributed by atoms with Crippen LogP contribution >= 0.6 is 0 Å². The van der Waals surface area contributed by atoms with Gasteiger partial charge in [-0.1, -0.05) is 30.3 Å². The number of carbonyl (C=O) groups excluding carboxylic acids is 2. The number of anilines is 1. The highest BCUT2D eigenvalue weighted by molar-refractivity contribution is 5.96. The summed E-state index contributed by atoms with van der Waals surface area (Å²) in [6.45, 7) is 3.81. The van der Waals surface area contributed by atoms with Crippen molar-refractivity contribution in [3.8, 4) is 5.75 Å². The molecule has 8 heteroatoms. The quantitative estimate of drug-likeness (QED) is 0.401. The van der Waals surface area contributed by atoms with E-state index in [2.05, 4.69) is 5.32 Å². The second-order valence-corrected chi connectivity index (χ2v) is 5.94. The van der Waals surface area contributed by atoms with Crippen molar-refractivity contribution in [2.75, 3.05) is 11.9 Å². The molecular weight excluding hydrogens is 364 g/mol. The van der Waals surface area contributed by atoms with Crippen LogP contribution in [0.4, 0.5) is 11.4 Å². The fraction of sp³-hybridized carbons (Fsp3) is 0.300. The fourth-order valence-corrected chi connectivity index (χ4v) is 2.53. The van der Waals surface area contributed by atoms with Crippen LogP contribution in [0.3, 0.4) is 0 Å². The van der Waals surface area contributed by atoms with Crippen molar-refractivity contribution in [2.24, 2.45) is 0 Å². The van der Waals surface area contributed by atoms with E-state index in [1.807, 2.05) is 31.2 Å². The molecule has 0 radical (unpaired) electrons. The summed E-state index contributed by atoms with van der Waals surface area (Å²) in [6, 6.07) is 13.1. The molecule has 0 spiro atoms. The Morgan fingerprint density at radius 2 is 1.82 bits per heavy atom. The van der Waals surface area contributed by atoms with E-state index in [0.717, 1.165) is 5.56 Å². The number of hydrogen-bond donors (Lipinski definition) is 1. The van der Waals surface area contributed by atoms with Gasteiger partial charge < -0.3 is 14.8 Å². The Bertz CT molecular complexity index is 852. The minimum atomic E-state index is -1.09. The molecule has 0 aromatic heterocycles. The van der Waals surface area contributed by atoms with Crippen molar-refractivity contribution >= 4 is 23.3 Å². The molecule has 0 fully saturated rings. The lowest BCUT2D eigenvalue weighted by Gasteiger charge is -2.14. The van der Waals surface area contributed by atoms with Crippen molar-refractivity contribution in [2.45, 2.75) is 32.8 Å². The van der Waals surface area contributed by atoms with Gasteiger partial charge in [-0.15, -0.1) is 0 Å². The second-order valence-electron chi connectivity index (χ2n) is 5.94. The third-order valence-electron chi connectivity index (χ3n) is 3.91. The van der Waals surface area contributed by atoms with Crippen molar-refractivity contribution < 1.29 is 24.0 Å². The number of rotatable bonds is 9. The lowest BCUT2D eigenvalue weighted by Crippen LogP contribution is -2.30. The fourth-order valence-electron chi connectivity index (χ4n) is 2.53. The van der Waals surface area contributed by atoms with Crippen LogP contribution in [0, 0.1) is 10.1 Å². The summed E-state index contributed by atoms with van der Waals surface area (Å²) < 4.78 is 10.7. The molecule has 0 saturated carbocycles. The highest BCUT2D eigenvalue weighted by Crippen LogP contribution is 2.23. The summed E-state index contributed by atoms with van der Waals surface area (Å²) in [5.74, 6) is -0.478. The van der Waals surface area contributed by atoms with Gasteiger partial charge in [0.1, 0.15) is 11.4 Å². The van der Waals surface area contributed by atoms with Crippen LogP contribution in [-0.2, 0) is 20.7 Å². The first-order chi connectivity index (χ1) is 13.4. The van der Waals surface area contributed by atoms with Crippen LogP contribution < -0.4 is 10.1 Å². The second kappa shape index (κ2) is 10.1. The molecule has 1 amide bonds. The number of esters is 1. The number of benzene rings is 2. The average Bonchev–Trinajstić information content (AvgIpc) is 2.67. The first-order valence-corrected chi connectivity index (χ1v) is 8.86. The molecule has 28 heavy (non-hydrogen) atoms. The van der Waals surface area contributed by atoms with Crippen molar-refractivity contribution in [3.05, 3.63) is 64.2 Å². The predicted octanol–water partition coefficient (Wildman–Crippen LogP) is 3.50. The summed E-state index contributed by atoms with van der Waals surface area (Å²) in [6.07, 6.45) is -0.602. The number of ether oxygens (including phenoxy) is 2. The molecule has 0 heterocycles. The molecule has 8 nitrogen and oxygen atoms in total. The van der Waals surface area contributed by atoms with Crippen LogP contribution in [0.5, 0.6) is 5.75 Å². The van der Waals surface area contributed by atoms with Crippen molar-refractivity contribution in [3.63, 3.8) is 0 Å². The van der Waals surface area contributed by atoms with Gasteiger partial charge in [0.25, 0.3) is 11.6 Å². The number of aryl methyl sites for hydroxylation is 1. The summed E-state index contributed by atoms with van der Waals surface area (Å²) in [5.41, 5.74) is 0.686. The summed E-state index contributed by atoms with van der Waals surface area (Å²) in [5, 5.41) is 13.4. The largest absolute Gasteiger partial charge is 0.494 e. The predicted molar refractivity (Wildman–Crippen MR) is 103 cm³/mol. The van der Waals surface area contributed by atoms with Gasteiger partial charge in [0.15, 0.2) is 6.10 Å². The molecule has 0 aliphatic heterocycles. The Labute approximate surface area is 162 Å². The monoisotopic (exact) mass is 386 g/mol. The third-order valence-corrected chi connectivity index (χ3v) is 3.91. The molecule has 2 rings (SSSR count). The van der Waals surface area contributed by atoms with Gasteiger partial charge >= 0.3 is 5.97 Å². The van der Waals surface area contributed by atoms with E-state index in [-0.39, 0.29) is 17.8 Å². The van der Waals surface area contributed by atoms with E-state index in [1.54, 1.807) is 6.07 Å². The Kier molecular flexibility index (Phi) is 7.50. The number of nitrogens with one attached hydrogen (secondary N) is 1. The third kappa shape index (κ3) is 5.80. The molecule has 2 aromatic carbocycles. The van der Waals surface area contributed by atoms with Crippen LogP contribution in [0.15, 0.2) is 48.5 Å². The minimum Gasteiger partial charge on any atom is -0.494 e. The summed E-state index contributed by atoms with van der Waals surface area (Å²) in [4.78, 5) is 34.7. The SMILES string of the molecule is CCOc1ccccc1CCC(=O)O[C@@H](C)C(=O)Nc1ccccc1[N+](=O)[O-]. The van der Waals surface area contributed by atoms with Gasteiger partial charge in [-0.25, -0.2) is 0 Å². The minimum absolute atomic E-state index is 0.0473. The first kappa shape index (κ1) is 20.9. The molecule has 0 saturated heterocycles. The lowest BCUT2D eigenvalue weighted by atomic mass is 10.1. The highest BCUT2D eigenvalue weighted by Gasteiger charge is 2.21. The van der Waals surface area contributed by atoms with E-state index >= 15 is 0 Å². The number of amides is 1. The van der Waals surface area contributed by atoms with Crippen LogP contribution in [0.2, 0.25) is 0 Å². The Morgan fingerprint density at radius 1 is 1.14 bits per heavy atom. The van der Waals surface area contributed by atoms with Gasteiger partial charge in [-0.05, 0) is 38.0 Å². The Morgan fingerprint density at radius 3 is 2.54 bits per heavy atom. The maximum absolute atomic E-state index is 12.2. The number of nitrogens with zero attached hydrogens (tertiary/aromatic N) is 1. The standard InChI is InChI=1S/C20H22N2O6/c1-3-27-18-11-7-4-8-15(18)12-13-19(23)28-14(2)20(24)21-16-9-5-6-10-17(16)22(25)26/h4-11,14H,3,12-13H2,1-2H3,(H,21,24)/t14-/m0/s1. The topological polar surface area (TPSA) is 108 Å². The van der Waals surface area contributed by atoms with E-state index in [9.17, 15) is 19.7 Å². The van der Waals surface area contributed by atoms with Gasteiger partial charge in [0.2, 0.25) is 0 Å². The molecule has 2 aromatic rings. The van der Waals surface area contributed by atoms with Gasteiger partial charge in [-0.3, -0.25) is 19.7 Å². The van der Waals surface area contributed by atoms with E-state index in [0.29, 0.717) is 18.8 Å². The normalized spacial score (nSPS) is 11.4. The highest BCUT2D eigenvalue weighted by atomic mass is 16.6. The van der Waals surface area contributed by atoms with E-state index < -0.39 is 22.9 Å². The van der Waals surface area contributed by atoms with Gasteiger partial charge in [-0.2, -0.15) is 0 Å². The number of nitro benzene ring substituents is 1. The van der Waals surface area contributed by atoms with E-state index in [4.69, 9.17) is 9.47 Å². The zero-order valence-electron chi connectivity index (χ0n) is 15.7. The lowest BCUT2D eigenvalue weighted by molar-refractivity contribution is -0.383. The maximum atomic E-state index is 12.2. The van der Waals surface area contributed by atoms with Crippen molar-refractivity contribution in [1.29, 1.82) is 0 Å². The summed E-state index contributed by atoms with van der Waals surface area (Å²) >= 11 is 0. The zero-order chi connectivity index (χ0) is 20.5. The molecule has 0 bridgehead atoms. The van der Waals surface area contributed by atoms with Crippen LogP contribution in [0.25, 0.3) is 0 Å². The smallest absolute Gasteiger partial charge is 0.306 e. The first-order valence-electron chi connectivity index (χ1n) is 8.86. The van der Waals surface area contributed by atoms with Gasteiger partial charge in [0.05, 0.1) is 11.5 Å². The Balaban J connectivity index is 1.90. The summed E-state index contributed by atoms with van der Waals surface area (Å²) in [7, 11) is 0. The Hall–Kier alpha value is -3.42. The number of carbonyl (C=O) groups is 2. The average molecular weight is 386 g/mol. The molecule has 148 valence electrons. The van der Waals surface area contributed by atoms with E-state index in [1.165, 1.54) is 25.1 Å². The molecule has 0 aliphatic carbocycles. The molecule has 1 N–H and O–H groups in total. The van der Waals surface area contributed by atoms with Gasteiger partial charge in [0, 0.05) is 12.5 Å². The van der Waals surface area contributed by atoms with Crippen molar-refractivity contribution in [1.82, 2.24) is 0 Å². The number of hydrogen-bond acceptors (Lipinski definition) is 6. The van der Waals surface area contributed by atoms with Crippen LogP contribution in [-0.4, -0.2) is 29.5 Å². The molecular formula is C20H22N2O6. The number of nitro groups is 1. The molecule has 0 aliphatic rings. The zero-order valence-corrected chi connectivity index (χ0v) is 15.7. The molecule has 0 unspecified atom stereocenters. The van der Waals surface area contributed by atoms with Crippen LogP contribution in [0.1, 0.15) is 25.8 Å². The molecule has 1 atom stereocenters.